The Morgan fingerprint density at radius 1 is 1.08 bits per heavy atom. The van der Waals surface area contributed by atoms with Crippen LogP contribution in [0.2, 0.25) is 0 Å². The summed E-state index contributed by atoms with van der Waals surface area (Å²) in [6.07, 6.45) is 3.08. The van der Waals surface area contributed by atoms with Gasteiger partial charge in [0.1, 0.15) is 11.6 Å². The zero-order valence-electron chi connectivity index (χ0n) is 14.7. The van der Waals surface area contributed by atoms with E-state index < -0.39 is 23.7 Å². The molecule has 2 rings (SSSR count). The number of hydrogen-bond donors (Lipinski definition) is 2. The number of hydrazine groups is 1. The molecule has 2 amide bonds. The molecule has 5 nitrogen and oxygen atoms in total. The van der Waals surface area contributed by atoms with Crippen LogP contribution in [-0.2, 0) is 16.0 Å². The van der Waals surface area contributed by atoms with Crippen LogP contribution in [0.1, 0.15) is 25.0 Å². The third-order valence-corrected chi connectivity index (χ3v) is 3.62. The van der Waals surface area contributed by atoms with Crippen LogP contribution in [0.3, 0.4) is 0 Å². The van der Waals surface area contributed by atoms with Gasteiger partial charge in [-0.05, 0) is 54.8 Å². The monoisotopic (exact) mass is 356 g/mol. The highest BCUT2D eigenvalue weighted by atomic mass is 19.1. The fraction of sp³-hybridized carbons (Fsp3) is 0.200. The molecule has 0 saturated carbocycles. The number of ether oxygens (including phenoxy) is 1. The lowest BCUT2D eigenvalue weighted by molar-refractivity contribution is -0.131. The standard InChI is InChI=1S/C20H21FN2O3/c1-3-15-4-6-16(7-5-15)8-13-19(24)22-23-20(25)14(2)26-18-11-9-17(21)10-12-18/h4-14H,3H2,1-2H3,(H,22,24)(H,23,25)/b13-8+/t14-/m1/s1. The number of halogens is 1. The molecule has 0 aromatic heterocycles. The van der Waals surface area contributed by atoms with Gasteiger partial charge in [-0.2, -0.15) is 0 Å². The van der Waals surface area contributed by atoms with Gasteiger partial charge in [0.05, 0.1) is 0 Å². The summed E-state index contributed by atoms with van der Waals surface area (Å²) in [5.41, 5.74) is 6.67. The van der Waals surface area contributed by atoms with Crippen molar-refractivity contribution in [3.05, 3.63) is 71.6 Å². The topological polar surface area (TPSA) is 67.4 Å². The van der Waals surface area contributed by atoms with E-state index in [0.29, 0.717) is 5.75 Å². The molecule has 0 bridgehead atoms. The molecule has 0 unspecified atom stereocenters. The molecular formula is C20H21FN2O3. The number of benzene rings is 2. The number of aryl methyl sites for hydroxylation is 1. The second-order valence-corrected chi connectivity index (χ2v) is 5.62. The maximum absolute atomic E-state index is 12.8. The molecule has 0 radical (unpaired) electrons. The Labute approximate surface area is 151 Å². The van der Waals surface area contributed by atoms with Gasteiger partial charge in [-0.25, -0.2) is 4.39 Å². The van der Waals surface area contributed by atoms with Crippen LogP contribution in [0, 0.1) is 5.82 Å². The summed E-state index contributed by atoms with van der Waals surface area (Å²) < 4.78 is 18.2. The normalized spacial score (nSPS) is 11.8. The first-order chi connectivity index (χ1) is 12.5. The summed E-state index contributed by atoms with van der Waals surface area (Å²) in [5, 5.41) is 0. The van der Waals surface area contributed by atoms with Gasteiger partial charge in [-0.1, -0.05) is 31.2 Å². The van der Waals surface area contributed by atoms with E-state index in [-0.39, 0.29) is 0 Å². The summed E-state index contributed by atoms with van der Waals surface area (Å²) in [6.45, 7) is 3.59. The average Bonchev–Trinajstić information content (AvgIpc) is 2.66. The molecule has 0 saturated heterocycles. The van der Waals surface area contributed by atoms with E-state index in [1.165, 1.54) is 42.8 Å². The highest BCUT2D eigenvalue weighted by Gasteiger charge is 2.14. The SMILES string of the molecule is CCc1ccc(/C=C/C(=O)NNC(=O)[C@@H](C)Oc2ccc(F)cc2)cc1. The van der Waals surface area contributed by atoms with Gasteiger partial charge in [0, 0.05) is 6.08 Å². The fourth-order valence-electron chi connectivity index (χ4n) is 2.07. The fourth-order valence-corrected chi connectivity index (χ4v) is 2.07. The predicted molar refractivity (Wildman–Crippen MR) is 97.6 cm³/mol. The molecule has 136 valence electrons. The van der Waals surface area contributed by atoms with E-state index in [1.807, 2.05) is 24.3 Å². The van der Waals surface area contributed by atoms with Gasteiger partial charge in [0.2, 0.25) is 0 Å². The first-order valence-corrected chi connectivity index (χ1v) is 8.27. The summed E-state index contributed by atoms with van der Waals surface area (Å²) in [4.78, 5) is 23.7. The van der Waals surface area contributed by atoms with Gasteiger partial charge < -0.3 is 4.74 Å². The van der Waals surface area contributed by atoms with Crippen LogP contribution in [0.15, 0.2) is 54.6 Å². The number of nitrogens with one attached hydrogen (secondary N) is 2. The van der Waals surface area contributed by atoms with Crippen molar-refractivity contribution in [3.8, 4) is 5.75 Å². The van der Waals surface area contributed by atoms with Crippen molar-refractivity contribution in [3.63, 3.8) is 0 Å². The first-order valence-electron chi connectivity index (χ1n) is 8.27. The third kappa shape index (κ3) is 6.05. The minimum atomic E-state index is -0.855. The molecule has 2 aromatic rings. The lowest BCUT2D eigenvalue weighted by Gasteiger charge is -2.14. The van der Waals surface area contributed by atoms with Crippen LogP contribution in [0.4, 0.5) is 4.39 Å². The van der Waals surface area contributed by atoms with Gasteiger partial charge in [-0.3, -0.25) is 20.4 Å². The van der Waals surface area contributed by atoms with E-state index in [0.717, 1.165) is 12.0 Å². The van der Waals surface area contributed by atoms with Crippen LogP contribution in [0.5, 0.6) is 5.75 Å². The molecular weight excluding hydrogens is 335 g/mol. The molecule has 0 aliphatic rings. The van der Waals surface area contributed by atoms with Gasteiger partial charge in [0.15, 0.2) is 6.10 Å². The Hall–Kier alpha value is -3.15. The highest BCUT2D eigenvalue weighted by Crippen LogP contribution is 2.12. The highest BCUT2D eigenvalue weighted by molar-refractivity contribution is 5.93. The Kier molecular flexibility index (Phi) is 6.91. The maximum atomic E-state index is 12.8. The van der Waals surface area contributed by atoms with Crippen molar-refractivity contribution in [2.75, 3.05) is 0 Å². The van der Waals surface area contributed by atoms with Crippen molar-refractivity contribution < 1.29 is 18.7 Å². The van der Waals surface area contributed by atoms with Crippen LogP contribution in [0.25, 0.3) is 6.08 Å². The summed E-state index contributed by atoms with van der Waals surface area (Å²) >= 11 is 0. The van der Waals surface area contributed by atoms with Crippen molar-refractivity contribution >= 4 is 17.9 Å². The van der Waals surface area contributed by atoms with Gasteiger partial charge in [-0.15, -0.1) is 0 Å². The van der Waals surface area contributed by atoms with Crippen LogP contribution < -0.4 is 15.6 Å². The second-order valence-electron chi connectivity index (χ2n) is 5.62. The summed E-state index contributed by atoms with van der Waals surface area (Å²) in [7, 11) is 0. The molecule has 0 aliphatic carbocycles. The third-order valence-electron chi connectivity index (χ3n) is 3.62. The molecule has 2 N–H and O–H groups in total. The molecule has 0 aliphatic heterocycles. The molecule has 2 aromatic carbocycles. The van der Waals surface area contributed by atoms with Crippen molar-refractivity contribution in [2.45, 2.75) is 26.4 Å². The van der Waals surface area contributed by atoms with E-state index in [1.54, 1.807) is 6.08 Å². The van der Waals surface area contributed by atoms with Crippen molar-refractivity contribution in [2.24, 2.45) is 0 Å². The molecule has 0 heterocycles. The minimum absolute atomic E-state index is 0.357. The van der Waals surface area contributed by atoms with E-state index in [9.17, 15) is 14.0 Å². The minimum Gasteiger partial charge on any atom is -0.481 e. The average molecular weight is 356 g/mol. The molecule has 1 atom stereocenters. The van der Waals surface area contributed by atoms with Gasteiger partial charge in [0.25, 0.3) is 11.8 Å². The molecule has 26 heavy (non-hydrogen) atoms. The van der Waals surface area contributed by atoms with Gasteiger partial charge >= 0.3 is 0 Å². The van der Waals surface area contributed by atoms with E-state index in [2.05, 4.69) is 17.8 Å². The number of carbonyl (C=O) groups excluding carboxylic acids is 2. The Morgan fingerprint density at radius 2 is 1.73 bits per heavy atom. The lowest BCUT2D eigenvalue weighted by Crippen LogP contribution is -2.46. The molecule has 6 heteroatoms. The Balaban J connectivity index is 1.78. The number of hydrogen-bond acceptors (Lipinski definition) is 3. The predicted octanol–water partition coefficient (Wildman–Crippen LogP) is 3.02. The number of rotatable bonds is 6. The van der Waals surface area contributed by atoms with Crippen molar-refractivity contribution in [1.82, 2.24) is 10.9 Å². The number of carbonyl (C=O) groups is 2. The zero-order valence-corrected chi connectivity index (χ0v) is 14.7. The first kappa shape index (κ1) is 19.2. The van der Waals surface area contributed by atoms with Crippen LogP contribution in [-0.4, -0.2) is 17.9 Å². The summed E-state index contributed by atoms with van der Waals surface area (Å²) in [5.74, 6) is -1.02. The zero-order chi connectivity index (χ0) is 18.9. The second kappa shape index (κ2) is 9.36. The van der Waals surface area contributed by atoms with E-state index >= 15 is 0 Å². The lowest BCUT2D eigenvalue weighted by atomic mass is 10.1. The van der Waals surface area contributed by atoms with Crippen molar-refractivity contribution in [1.29, 1.82) is 0 Å². The molecule has 0 fully saturated rings. The largest absolute Gasteiger partial charge is 0.481 e. The summed E-state index contributed by atoms with van der Waals surface area (Å²) in [6, 6.07) is 13.1. The maximum Gasteiger partial charge on any atom is 0.279 e. The number of amides is 2. The quantitative estimate of drug-likeness (QED) is 0.618. The van der Waals surface area contributed by atoms with E-state index in [4.69, 9.17) is 4.74 Å². The smallest absolute Gasteiger partial charge is 0.279 e. The Bertz CT molecular complexity index is 771. The van der Waals surface area contributed by atoms with Crippen LogP contribution >= 0.6 is 0 Å². The Morgan fingerprint density at radius 3 is 2.35 bits per heavy atom. The molecule has 0 spiro atoms.